The Hall–Kier alpha value is -3.46. The van der Waals surface area contributed by atoms with E-state index in [4.69, 9.17) is 0 Å². The van der Waals surface area contributed by atoms with Crippen LogP contribution in [0.5, 0.6) is 0 Å². The lowest BCUT2D eigenvalue weighted by atomic mass is 9.45. The first-order valence-corrected chi connectivity index (χ1v) is 17.6. The van der Waals surface area contributed by atoms with Crippen LogP contribution in [0.2, 0.25) is 0 Å². The lowest BCUT2D eigenvalue weighted by Gasteiger charge is -2.51. The van der Waals surface area contributed by atoms with Gasteiger partial charge in [0.1, 0.15) is 0 Å². The molecule has 0 unspecified atom stereocenters. The molecule has 0 bridgehead atoms. The monoisotopic (exact) mass is 624 g/mol. The molecule has 2 heterocycles. The summed E-state index contributed by atoms with van der Waals surface area (Å²) in [5.41, 5.74) is 16.2. The van der Waals surface area contributed by atoms with E-state index in [-0.39, 0.29) is 33.9 Å². The minimum absolute atomic E-state index is 0.00961. The van der Waals surface area contributed by atoms with Gasteiger partial charge in [-0.25, -0.2) is 0 Å². The second-order valence-electron chi connectivity index (χ2n) is 18.9. The average molecular weight is 625 g/mol. The highest BCUT2D eigenvalue weighted by Gasteiger charge is 2.48. The van der Waals surface area contributed by atoms with Gasteiger partial charge in [0.05, 0.1) is 0 Å². The predicted octanol–water partition coefficient (Wildman–Crippen LogP) is 10.5. The van der Waals surface area contributed by atoms with Gasteiger partial charge < -0.3 is 9.71 Å². The Morgan fingerprint density at radius 2 is 0.872 bits per heavy atom. The highest BCUT2D eigenvalue weighted by molar-refractivity contribution is 6.92. The Bertz CT molecular complexity index is 1730. The summed E-state index contributed by atoms with van der Waals surface area (Å²) < 4.78 is 0. The summed E-state index contributed by atoms with van der Waals surface area (Å²) in [6.45, 7) is 33.6. The molecule has 0 amide bonds. The van der Waals surface area contributed by atoms with Crippen molar-refractivity contribution >= 4 is 40.5 Å². The van der Waals surface area contributed by atoms with E-state index in [2.05, 4.69) is 186 Å². The molecule has 0 radical (unpaired) electrons. The smallest absolute Gasteiger partial charge is 0.332 e. The highest BCUT2D eigenvalue weighted by Crippen LogP contribution is 2.57. The van der Waals surface area contributed by atoms with Gasteiger partial charge in [0.2, 0.25) is 0 Å². The van der Waals surface area contributed by atoms with Crippen molar-refractivity contribution in [1.82, 2.24) is 0 Å². The lowest BCUT2D eigenvalue weighted by molar-refractivity contribution is 0.545. The standard InChI is InChI=1S/C44H57BN2/c1-40(2,3)28-24-30(42(7,8)9)38-32(26-28)44(13,14)33-27-29(41(4,5)6)25-31(43(10,11)12)39(33)47(38)45-34-20-16-18-22-36(34)46(15)37-23-19-17-21-35(37)45/h16-27H,1-15H3. The third-order valence-electron chi connectivity index (χ3n) is 10.8. The maximum absolute atomic E-state index is 2.81. The molecule has 0 aromatic heterocycles. The largest absolute Gasteiger partial charge is 0.376 e. The van der Waals surface area contributed by atoms with Crippen LogP contribution in [0.1, 0.15) is 130 Å². The molecule has 0 N–H and O–H groups in total. The van der Waals surface area contributed by atoms with Crippen LogP contribution < -0.4 is 20.6 Å². The molecule has 0 atom stereocenters. The fourth-order valence-corrected chi connectivity index (χ4v) is 7.89. The van der Waals surface area contributed by atoms with E-state index in [9.17, 15) is 0 Å². The van der Waals surface area contributed by atoms with E-state index in [0.717, 1.165) is 0 Å². The summed E-state index contributed by atoms with van der Waals surface area (Å²) >= 11 is 0. The van der Waals surface area contributed by atoms with Crippen LogP contribution in [-0.4, -0.2) is 13.9 Å². The van der Waals surface area contributed by atoms with Gasteiger partial charge in [-0.15, -0.1) is 0 Å². The SMILES string of the molecule is CN1c2ccccc2B(N2c3c(C(C)(C)C)cc(C(C)(C)C)cc3C(C)(C)c3cc(C(C)(C)C)cc(C(C)(C)C)c32)c2ccccc21. The number of nitrogens with zero attached hydrogens (tertiary/aromatic N) is 2. The number of hydrogen-bond acceptors (Lipinski definition) is 2. The van der Waals surface area contributed by atoms with E-state index in [1.54, 1.807) is 0 Å². The summed E-state index contributed by atoms with van der Waals surface area (Å²) in [6.07, 6.45) is 0. The van der Waals surface area contributed by atoms with Crippen molar-refractivity contribution in [2.75, 3.05) is 16.8 Å². The van der Waals surface area contributed by atoms with Gasteiger partial charge >= 0.3 is 6.85 Å². The second-order valence-corrected chi connectivity index (χ2v) is 18.9. The summed E-state index contributed by atoms with van der Waals surface area (Å²) in [7, 11) is 2.22. The zero-order valence-electron chi connectivity index (χ0n) is 31.9. The molecular weight excluding hydrogens is 567 g/mol. The van der Waals surface area contributed by atoms with Crippen LogP contribution in [0.4, 0.5) is 22.7 Å². The summed E-state index contributed by atoms with van der Waals surface area (Å²) in [6, 6.07) is 28.4. The van der Waals surface area contributed by atoms with Gasteiger partial charge in [-0.05, 0) is 78.1 Å². The van der Waals surface area contributed by atoms with Crippen LogP contribution in [0.15, 0.2) is 72.8 Å². The van der Waals surface area contributed by atoms with Gasteiger partial charge in [-0.2, -0.15) is 0 Å². The first-order chi connectivity index (χ1) is 21.5. The van der Waals surface area contributed by atoms with Crippen molar-refractivity contribution in [1.29, 1.82) is 0 Å². The molecule has 0 fully saturated rings. The van der Waals surface area contributed by atoms with Crippen molar-refractivity contribution in [3.63, 3.8) is 0 Å². The van der Waals surface area contributed by atoms with Gasteiger partial charge in [-0.1, -0.05) is 158 Å². The molecule has 4 aromatic carbocycles. The Morgan fingerprint density at radius 1 is 0.511 bits per heavy atom. The third kappa shape index (κ3) is 5.33. The quantitative estimate of drug-likeness (QED) is 0.195. The fraction of sp³-hybridized carbons (Fsp3) is 0.455. The Kier molecular flexibility index (Phi) is 7.49. The number of hydrogen-bond donors (Lipinski definition) is 0. The molecule has 0 saturated heterocycles. The number of fused-ring (bicyclic) bond motifs is 4. The van der Waals surface area contributed by atoms with Crippen molar-refractivity contribution < 1.29 is 0 Å². The van der Waals surface area contributed by atoms with Crippen molar-refractivity contribution in [3.05, 3.63) is 106 Å². The maximum Gasteiger partial charge on any atom is 0.332 e. The van der Waals surface area contributed by atoms with E-state index in [1.807, 2.05) is 0 Å². The normalized spacial score (nSPS) is 16.0. The van der Waals surface area contributed by atoms with Crippen LogP contribution in [0.25, 0.3) is 0 Å². The third-order valence-corrected chi connectivity index (χ3v) is 10.8. The number of benzene rings is 4. The minimum atomic E-state index is -0.214. The van der Waals surface area contributed by atoms with Gasteiger partial charge in [0.25, 0.3) is 0 Å². The first-order valence-electron chi connectivity index (χ1n) is 17.6. The molecule has 246 valence electrons. The van der Waals surface area contributed by atoms with E-state index >= 15 is 0 Å². The van der Waals surface area contributed by atoms with E-state index < -0.39 is 0 Å². The van der Waals surface area contributed by atoms with Crippen LogP contribution in [-0.2, 0) is 27.1 Å². The molecule has 47 heavy (non-hydrogen) atoms. The molecule has 6 rings (SSSR count). The van der Waals surface area contributed by atoms with E-state index in [0.29, 0.717) is 0 Å². The molecule has 0 saturated carbocycles. The first kappa shape index (κ1) is 33.4. The van der Waals surface area contributed by atoms with Crippen LogP contribution >= 0.6 is 0 Å². The predicted molar refractivity (Wildman–Crippen MR) is 208 cm³/mol. The molecular formula is C44H57BN2. The Morgan fingerprint density at radius 3 is 1.21 bits per heavy atom. The molecule has 2 aliphatic rings. The lowest BCUT2D eigenvalue weighted by Crippen LogP contribution is -2.61. The van der Waals surface area contributed by atoms with Crippen molar-refractivity contribution in [2.45, 2.75) is 124 Å². The summed E-state index contributed by atoms with van der Waals surface area (Å²) in [5.74, 6) is 0. The molecule has 2 aliphatic heterocycles. The Balaban J connectivity index is 1.87. The minimum Gasteiger partial charge on any atom is -0.376 e. The summed E-state index contributed by atoms with van der Waals surface area (Å²) in [4.78, 5) is 5.19. The fourth-order valence-electron chi connectivity index (χ4n) is 7.89. The van der Waals surface area contributed by atoms with Crippen molar-refractivity contribution in [2.24, 2.45) is 0 Å². The topological polar surface area (TPSA) is 6.48 Å². The highest BCUT2D eigenvalue weighted by atomic mass is 15.2. The number of anilines is 4. The molecule has 0 spiro atoms. The molecule has 2 nitrogen and oxygen atoms in total. The van der Waals surface area contributed by atoms with Crippen molar-refractivity contribution in [3.8, 4) is 0 Å². The van der Waals surface area contributed by atoms with Crippen LogP contribution in [0, 0.1) is 0 Å². The summed E-state index contributed by atoms with van der Waals surface area (Å²) in [5, 5.41) is 0. The van der Waals surface area contributed by atoms with E-state index in [1.165, 1.54) is 67.1 Å². The van der Waals surface area contributed by atoms with Crippen LogP contribution in [0.3, 0.4) is 0 Å². The number of rotatable bonds is 1. The maximum atomic E-state index is 2.81. The average Bonchev–Trinajstić information content (AvgIpc) is 2.96. The molecule has 3 heteroatoms. The van der Waals surface area contributed by atoms with Gasteiger partial charge in [0, 0.05) is 35.2 Å². The molecule has 0 aliphatic carbocycles. The molecule has 4 aromatic rings. The zero-order chi connectivity index (χ0) is 34.6. The Labute approximate surface area is 286 Å². The second kappa shape index (κ2) is 10.5. The zero-order valence-corrected chi connectivity index (χ0v) is 31.9. The van der Waals surface area contributed by atoms with Gasteiger partial charge in [0.15, 0.2) is 0 Å². The number of para-hydroxylation sites is 2. The van der Waals surface area contributed by atoms with Gasteiger partial charge in [-0.3, -0.25) is 0 Å².